The molecule has 3 rings (SSSR count). The summed E-state index contributed by atoms with van der Waals surface area (Å²) in [4.78, 5) is 16.2. The average Bonchev–Trinajstić information content (AvgIpc) is 3.29. The summed E-state index contributed by atoms with van der Waals surface area (Å²) in [6.45, 7) is -1.87. The lowest BCUT2D eigenvalue weighted by Gasteiger charge is -2.10. The zero-order valence-electron chi connectivity index (χ0n) is 14.1. The minimum Gasteiger partial charge on any atom is -0.339 e. The molecule has 0 spiro atoms. The summed E-state index contributed by atoms with van der Waals surface area (Å²) in [5.41, 5.74) is -1.38. The molecule has 1 atom stereocenters. The molecule has 148 valence electrons. The predicted molar refractivity (Wildman–Crippen MR) is 84.0 cm³/mol. The van der Waals surface area contributed by atoms with Crippen LogP contribution >= 0.6 is 0 Å². The fraction of sp³-hybridized carbons (Fsp3) is 0.250. The molecule has 7 nitrogen and oxygen atoms in total. The first-order valence-corrected chi connectivity index (χ1v) is 7.82. The molecular formula is C16H12F5N5O2. The topological polar surface area (TPSA) is 85.8 Å². The molecule has 28 heavy (non-hydrogen) atoms. The second-order valence-electron chi connectivity index (χ2n) is 5.64. The highest BCUT2D eigenvalue weighted by atomic mass is 19.3. The standard InChI is InChI=1S/C16H12F5N5O2/c1-7(15-23-13(25-28-15)8-3-2-4-9(17)5-8)22-14(27)11-6-10(12(18)19)24-26(11)16(20)21/h2-7,12,16H,1H3,(H,22,27)/t7-/m0/s1. The summed E-state index contributed by atoms with van der Waals surface area (Å²) in [6.07, 6.45) is -3.12. The van der Waals surface area contributed by atoms with Crippen LogP contribution in [0.4, 0.5) is 22.0 Å². The molecule has 0 saturated heterocycles. The number of carbonyl (C=O) groups is 1. The van der Waals surface area contributed by atoms with Gasteiger partial charge in [-0.1, -0.05) is 17.3 Å². The zero-order valence-corrected chi connectivity index (χ0v) is 14.1. The lowest BCUT2D eigenvalue weighted by atomic mass is 10.2. The molecule has 0 aliphatic carbocycles. The smallest absolute Gasteiger partial charge is 0.333 e. The number of aromatic nitrogens is 4. The first-order valence-electron chi connectivity index (χ1n) is 7.82. The number of benzene rings is 1. The van der Waals surface area contributed by atoms with E-state index in [0.717, 1.165) is 0 Å². The third-order valence-electron chi connectivity index (χ3n) is 3.64. The van der Waals surface area contributed by atoms with E-state index in [1.807, 2.05) is 0 Å². The zero-order chi connectivity index (χ0) is 20.4. The Labute approximate surface area is 154 Å². The average molecular weight is 401 g/mol. The van der Waals surface area contributed by atoms with Gasteiger partial charge in [0.25, 0.3) is 12.3 Å². The normalized spacial score (nSPS) is 12.6. The van der Waals surface area contributed by atoms with Crippen LogP contribution in [0.15, 0.2) is 34.9 Å². The number of nitrogens with zero attached hydrogens (tertiary/aromatic N) is 4. The highest BCUT2D eigenvalue weighted by Gasteiger charge is 2.26. The van der Waals surface area contributed by atoms with E-state index in [4.69, 9.17) is 4.52 Å². The maximum absolute atomic E-state index is 13.3. The molecular weight excluding hydrogens is 389 g/mol. The molecule has 12 heteroatoms. The van der Waals surface area contributed by atoms with Crippen LogP contribution < -0.4 is 5.32 Å². The van der Waals surface area contributed by atoms with Gasteiger partial charge in [-0.3, -0.25) is 4.79 Å². The minimum atomic E-state index is -3.29. The van der Waals surface area contributed by atoms with E-state index in [-0.39, 0.29) is 16.4 Å². The second kappa shape index (κ2) is 7.74. The van der Waals surface area contributed by atoms with Gasteiger partial charge in [0, 0.05) is 5.56 Å². The van der Waals surface area contributed by atoms with Crippen LogP contribution in [0, 0.1) is 5.82 Å². The van der Waals surface area contributed by atoms with Crippen LogP contribution in [0.3, 0.4) is 0 Å². The first kappa shape index (κ1) is 19.5. The molecule has 0 unspecified atom stereocenters. The molecule has 0 aliphatic rings. The van der Waals surface area contributed by atoms with Crippen molar-refractivity contribution in [3.63, 3.8) is 0 Å². The molecule has 0 saturated carbocycles. The Morgan fingerprint density at radius 3 is 2.61 bits per heavy atom. The quantitative estimate of drug-likeness (QED) is 0.634. The van der Waals surface area contributed by atoms with Crippen molar-refractivity contribution < 1.29 is 31.3 Å². The number of rotatable bonds is 6. The van der Waals surface area contributed by atoms with Crippen molar-refractivity contribution in [1.82, 2.24) is 25.2 Å². The third-order valence-corrected chi connectivity index (χ3v) is 3.64. The van der Waals surface area contributed by atoms with Crippen LogP contribution in [0.1, 0.15) is 48.0 Å². The Hall–Kier alpha value is -3.31. The van der Waals surface area contributed by atoms with Crippen LogP contribution in [0.25, 0.3) is 11.4 Å². The van der Waals surface area contributed by atoms with Gasteiger partial charge >= 0.3 is 6.55 Å². The van der Waals surface area contributed by atoms with Gasteiger partial charge in [-0.15, -0.1) is 0 Å². The van der Waals surface area contributed by atoms with Gasteiger partial charge in [0.1, 0.15) is 23.2 Å². The number of hydrogen-bond donors (Lipinski definition) is 1. The summed E-state index contributed by atoms with van der Waals surface area (Å²) in [6, 6.07) is 5.01. The fourth-order valence-electron chi connectivity index (χ4n) is 2.33. The highest BCUT2D eigenvalue weighted by molar-refractivity contribution is 5.92. The van der Waals surface area contributed by atoms with Gasteiger partial charge < -0.3 is 9.84 Å². The predicted octanol–water partition coefficient (Wildman–Crippen LogP) is 3.90. The van der Waals surface area contributed by atoms with Gasteiger partial charge in [0.2, 0.25) is 11.7 Å². The second-order valence-corrected chi connectivity index (χ2v) is 5.64. The summed E-state index contributed by atoms with van der Waals surface area (Å²) in [5.74, 6) is -1.64. The van der Waals surface area contributed by atoms with E-state index in [9.17, 15) is 26.7 Å². The van der Waals surface area contributed by atoms with E-state index >= 15 is 0 Å². The monoisotopic (exact) mass is 401 g/mol. The van der Waals surface area contributed by atoms with Gasteiger partial charge in [-0.2, -0.15) is 23.5 Å². The van der Waals surface area contributed by atoms with Crippen LogP contribution in [-0.2, 0) is 0 Å². The SMILES string of the molecule is C[C@H](NC(=O)c1cc(C(F)F)nn1C(F)F)c1nc(-c2cccc(F)c2)no1. The Balaban J connectivity index is 1.78. The van der Waals surface area contributed by atoms with Gasteiger partial charge in [-0.05, 0) is 25.1 Å². The molecule has 0 bridgehead atoms. The molecule has 2 aromatic heterocycles. The number of amides is 1. The van der Waals surface area contributed by atoms with E-state index in [1.165, 1.54) is 31.2 Å². The Kier molecular flexibility index (Phi) is 5.38. The van der Waals surface area contributed by atoms with Gasteiger partial charge in [0.15, 0.2) is 0 Å². The summed E-state index contributed by atoms with van der Waals surface area (Å²) in [7, 11) is 0. The van der Waals surface area contributed by atoms with E-state index < -0.39 is 42.1 Å². The summed E-state index contributed by atoms with van der Waals surface area (Å²) in [5, 5.41) is 8.98. The van der Waals surface area contributed by atoms with Crippen LogP contribution in [-0.4, -0.2) is 25.8 Å². The molecule has 0 radical (unpaired) electrons. The lowest BCUT2D eigenvalue weighted by Crippen LogP contribution is -2.29. The van der Waals surface area contributed by atoms with Crippen molar-refractivity contribution in [2.45, 2.75) is 25.9 Å². The Morgan fingerprint density at radius 1 is 1.21 bits per heavy atom. The molecule has 1 aromatic carbocycles. The number of alkyl halides is 4. The Morgan fingerprint density at radius 2 is 1.96 bits per heavy atom. The maximum Gasteiger partial charge on any atom is 0.333 e. The molecule has 3 aromatic rings. The van der Waals surface area contributed by atoms with Crippen molar-refractivity contribution in [2.75, 3.05) is 0 Å². The Bertz CT molecular complexity index is 987. The van der Waals surface area contributed by atoms with Gasteiger partial charge in [-0.25, -0.2) is 13.2 Å². The lowest BCUT2D eigenvalue weighted by molar-refractivity contribution is 0.0483. The fourth-order valence-corrected chi connectivity index (χ4v) is 2.33. The number of halogens is 5. The molecule has 0 aliphatic heterocycles. The number of carbonyl (C=O) groups excluding carboxylic acids is 1. The number of hydrogen-bond acceptors (Lipinski definition) is 5. The third kappa shape index (κ3) is 4.00. The van der Waals surface area contributed by atoms with E-state index in [1.54, 1.807) is 0 Å². The minimum absolute atomic E-state index is 0.0493. The molecule has 0 fully saturated rings. The van der Waals surface area contributed by atoms with Gasteiger partial charge in [0.05, 0.1) is 0 Å². The van der Waals surface area contributed by atoms with Crippen molar-refractivity contribution in [3.8, 4) is 11.4 Å². The van der Waals surface area contributed by atoms with Crippen molar-refractivity contribution in [2.24, 2.45) is 0 Å². The van der Waals surface area contributed by atoms with Crippen molar-refractivity contribution in [3.05, 3.63) is 53.4 Å². The molecule has 2 heterocycles. The summed E-state index contributed by atoms with van der Waals surface area (Å²) < 4.78 is 69.5. The largest absolute Gasteiger partial charge is 0.339 e. The molecule has 1 N–H and O–H groups in total. The summed E-state index contributed by atoms with van der Waals surface area (Å²) >= 11 is 0. The maximum atomic E-state index is 13.3. The highest BCUT2D eigenvalue weighted by Crippen LogP contribution is 2.23. The van der Waals surface area contributed by atoms with Crippen LogP contribution in [0.2, 0.25) is 0 Å². The van der Waals surface area contributed by atoms with E-state index in [2.05, 4.69) is 20.6 Å². The first-order chi connectivity index (χ1) is 13.3. The van der Waals surface area contributed by atoms with Crippen molar-refractivity contribution >= 4 is 5.91 Å². The van der Waals surface area contributed by atoms with Crippen molar-refractivity contribution in [1.29, 1.82) is 0 Å². The van der Waals surface area contributed by atoms with E-state index in [0.29, 0.717) is 11.6 Å². The van der Waals surface area contributed by atoms with Crippen LogP contribution in [0.5, 0.6) is 0 Å². The molecule has 1 amide bonds. The number of nitrogens with one attached hydrogen (secondary N) is 1.